The van der Waals surface area contributed by atoms with Crippen molar-refractivity contribution < 1.29 is 14.4 Å². The summed E-state index contributed by atoms with van der Waals surface area (Å²) < 4.78 is 14.9. The Balaban J connectivity index is 2.80. The molecule has 14 heavy (non-hydrogen) atoms. The second-order valence-corrected chi connectivity index (χ2v) is 4.68. The predicted octanol–water partition coefficient (Wildman–Crippen LogP) is 1.48. The van der Waals surface area contributed by atoms with Crippen LogP contribution < -0.4 is 4.78 Å². The van der Waals surface area contributed by atoms with Gasteiger partial charge in [0.1, 0.15) is 5.82 Å². The molecule has 6 heteroatoms. The van der Waals surface area contributed by atoms with Crippen LogP contribution in [0, 0.1) is 5.82 Å². The van der Waals surface area contributed by atoms with Crippen LogP contribution in [0.1, 0.15) is 0 Å². The molecule has 0 bridgehead atoms. The lowest BCUT2D eigenvalue weighted by Crippen LogP contribution is -2.29. The van der Waals surface area contributed by atoms with E-state index in [1.807, 2.05) is 0 Å². The fourth-order valence-electron chi connectivity index (χ4n) is 1.24. The Kier molecular flexibility index (Phi) is 2.61. The van der Waals surface area contributed by atoms with Crippen LogP contribution in [0.3, 0.4) is 0 Å². The van der Waals surface area contributed by atoms with Crippen LogP contribution in [0.5, 0.6) is 0 Å². The summed E-state index contributed by atoms with van der Waals surface area (Å²) in [7, 11) is -1.75. The molecule has 2 N–H and O–H groups in total. The third-order valence-corrected chi connectivity index (χ3v) is 4.04. The van der Waals surface area contributed by atoms with E-state index in [1.54, 1.807) is 18.2 Å². The quantitative estimate of drug-likeness (QED) is 0.774. The first-order valence-electron chi connectivity index (χ1n) is 3.84. The highest BCUT2D eigenvalue weighted by Gasteiger charge is 2.22. The van der Waals surface area contributed by atoms with Crippen LogP contribution in [0.25, 0.3) is 10.1 Å². The van der Waals surface area contributed by atoms with Gasteiger partial charge in [0.2, 0.25) is 0 Å². The van der Waals surface area contributed by atoms with Gasteiger partial charge in [0, 0.05) is 9.86 Å². The molecule has 0 unspecified atom stereocenters. The van der Waals surface area contributed by atoms with Gasteiger partial charge in [0.25, 0.3) is 0 Å². The highest BCUT2D eigenvalue weighted by atomic mass is 79.9. The molecule has 0 radical (unpaired) electrons. The summed E-state index contributed by atoms with van der Waals surface area (Å²) in [5, 5.41) is 18.2. The topological polar surface area (TPSA) is 40.5 Å². The normalized spacial score (nSPS) is 10.9. The molecule has 0 aliphatic rings. The van der Waals surface area contributed by atoms with Crippen LogP contribution in [-0.2, 0) is 0 Å². The fourth-order valence-corrected chi connectivity index (χ4v) is 2.81. The Hall–Kier alpha value is -0.425. The maximum Gasteiger partial charge on any atom is 0.502 e. The molecule has 0 fully saturated rings. The lowest BCUT2D eigenvalue weighted by molar-refractivity contribution is 0.424. The molecule has 1 aromatic heterocycles. The van der Waals surface area contributed by atoms with E-state index in [2.05, 4.69) is 15.9 Å². The summed E-state index contributed by atoms with van der Waals surface area (Å²) in [6.07, 6.45) is 0. The zero-order valence-corrected chi connectivity index (χ0v) is 9.27. The van der Waals surface area contributed by atoms with Gasteiger partial charge >= 0.3 is 7.12 Å². The summed E-state index contributed by atoms with van der Waals surface area (Å²) in [6, 6.07) is 5.10. The molecule has 0 saturated heterocycles. The lowest BCUT2D eigenvalue weighted by Gasteiger charge is -1.91. The van der Waals surface area contributed by atoms with Crippen LogP contribution >= 0.6 is 27.3 Å². The van der Waals surface area contributed by atoms with Gasteiger partial charge < -0.3 is 10.0 Å². The number of rotatable bonds is 1. The minimum Gasteiger partial charge on any atom is -0.423 e. The first-order valence-corrected chi connectivity index (χ1v) is 5.44. The smallest absolute Gasteiger partial charge is 0.423 e. The maximum absolute atomic E-state index is 13.5. The number of benzene rings is 1. The van der Waals surface area contributed by atoms with Crippen molar-refractivity contribution in [3.05, 3.63) is 28.5 Å². The average Bonchev–Trinajstić information content (AvgIpc) is 2.46. The Morgan fingerprint density at radius 3 is 2.64 bits per heavy atom. The van der Waals surface area contributed by atoms with Gasteiger partial charge in [0.05, 0.1) is 9.48 Å². The van der Waals surface area contributed by atoms with Gasteiger partial charge in [-0.15, -0.1) is 11.3 Å². The molecule has 0 aliphatic heterocycles. The third kappa shape index (κ3) is 1.48. The largest absolute Gasteiger partial charge is 0.502 e. The standard InChI is InChI=1S/C8H5BBrFO2S/c10-5-3-1-2-4-6(11)8(9(12)13)14-7(4)5/h1-3,12-13H. The highest BCUT2D eigenvalue weighted by Crippen LogP contribution is 2.29. The highest BCUT2D eigenvalue weighted by molar-refractivity contribution is 9.10. The Morgan fingerprint density at radius 2 is 2.07 bits per heavy atom. The molecule has 0 saturated carbocycles. The number of thiophene rings is 1. The van der Waals surface area contributed by atoms with Crippen molar-refractivity contribution in [1.82, 2.24) is 0 Å². The first-order chi connectivity index (χ1) is 6.61. The Morgan fingerprint density at radius 1 is 1.36 bits per heavy atom. The van der Waals surface area contributed by atoms with E-state index in [4.69, 9.17) is 10.0 Å². The molecule has 72 valence electrons. The SMILES string of the molecule is OB(O)c1sc2c(Br)cccc2c1F. The van der Waals surface area contributed by atoms with Gasteiger partial charge in [-0.1, -0.05) is 12.1 Å². The molecule has 1 heterocycles. The first kappa shape index (κ1) is 10.1. The minimum absolute atomic E-state index is 0.0492. The van der Waals surface area contributed by atoms with Crippen molar-refractivity contribution in [3.8, 4) is 0 Å². The second-order valence-electron chi connectivity index (χ2n) is 2.77. The van der Waals surface area contributed by atoms with Gasteiger partial charge in [-0.05, 0) is 22.0 Å². The van der Waals surface area contributed by atoms with Crippen LogP contribution in [-0.4, -0.2) is 17.2 Å². The molecule has 0 atom stereocenters. The van der Waals surface area contributed by atoms with Crippen molar-refractivity contribution in [1.29, 1.82) is 0 Å². The lowest BCUT2D eigenvalue weighted by atomic mass is 9.89. The molecular formula is C8H5BBrFO2S. The van der Waals surface area contributed by atoms with E-state index in [0.29, 0.717) is 10.1 Å². The summed E-state index contributed by atoms with van der Waals surface area (Å²) in [4.78, 5) is 0. The number of hydrogen-bond acceptors (Lipinski definition) is 3. The fraction of sp³-hybridized carbons (Fsp3) is 0. The molecule has 0 aliphatic carbocycles. The molecular weight excluding hydrogens is 270 g/mol. The van der Waals surface area contributed by atoms with E-state index in [-0.39, 0.29) is 4.78 Å². The average molecular weight is 275 g/mol. The van der Waals surface area contributed by atoms with Gasteiger partial charge in [-0.2, -0.15) is 0 Å². The van der Waals surface area contributed by atoms with Crippen molar-refractivity contribution in [3.63, 3.8) is 0 Å². The Labute approximate surface area is 92.3 Å². The van der Waals surface area contributed by atoms with Gasteiger partial charge in [-0.3, -0.25) is 0 Å². The second kappa shape index (κ2) is 3.62. The molecule has 2 rings (SSSR count). The van der Waals surface area contributed by atoms with E-state index in [0.717, 1.165) is 15.8 Å². The number of hydrogen-bond donors (Lipinski definition) is 2. The van der Waals surface area contributed by atoms with Gasteiger partial charge in [-0.25, -0.2) is 4.39 Å². The monoisotopic (exact) mass is 274 g/mol. The van der Waals surface area contributed by atoms with Crippen LogP contribution in [0.15, 0.2) is 22.7 Å². The number of fused-ring (bicyclic) bond motifs is 1. The van der Waals surface area contributed by atoms with Gasteiger partial charge in [0.15, 0.2) is 0 Å². The molecule has 2 nitrogen and oxygen atoms in total. The summed E-state index contributed by atoms with van der Waals surface area (Å²) in [6.45, 7) is 0. The summed E-state index contributed by atoms with van der Waals surface area (Å²) in [5.41, 5.74) is 0. The minimum atomic E-state index is -1.75. The predicted molar refractivity (Wildman–Crippen MR) is 59.3 cm³/mol. The Bertz CT molecular complexity index is 485. The third-order valence-electron chi connectivity index (χ3n) is 1.87. The summed E-state index contributed by atoms with van der Waals surface area (Å²) in [5.74, 6) is -0.554. The van der Waals surface area contributed by atoms with Crippen LogP contribution in [0.2, 0.25) is 0 Å². The van der Waals surface area contributed by atoms with Crippen molar-refractivity contribution in [2.45, 2.75) is 0 Å². The zero-order chi connectivity index (χ0) is 10.3. The zero-order valence-electron chi connectivity index (χ0n) is 6.87. The van der Waals surface area contributed by atoms with Crippen molar-refractivity contribution in [2.24, 2.45) is 0 Å². The molecule has 0 amide bonds. The van der Waals surface area contributed by atoms with Crippen LogP contribution in [0.4, 0.5) is 4.39 Å². The van der Waals surface area contributed by atoms with E-state index in [1.165, 1.54) is 0 Å². The van der Waals surface area contributed by atoms with Crippen molar-refractivity contribution >= 4 is 49.2 Å². The van der Waals surface area contributed by atoms with E-state index < -0.39 is 12.9 Å². The summed E-state index contributed by atoms with van der Waals surface area (Å²) >= 11 is 4.31. The van der Waals surface area contributed by atoms with E-state index >= 15 is 0 Å². The van der Waals surface area contributed by atoms with Crippen molar-refractivity contribution in [2.75, 3.05) is 0 Å². The molecule has 1 aromatic carbocycles. The molecule has 0 spiro atoms. The van der Waals surface area contributed by atoms with E-state index in [9.17, 15) is 4.39 Å². The molecule has 2 aromatic rings. The number of halogens is 2. The maximum atomic E-state index is 13.5.